The number of aliphatic hydroxyl groups excluding tert-OH is 1. The summed E-state index contributed by atoms with van der Waals surface area (Å²) < 4.78 is 4.75. The molecule has 27 heavy (non-hydrogen) atoms. The van der Waals surface area contributed by atoms with Crippen molar-refractivity contribution in [2.75, 3.05) is 6.61 Å². The number of pyridine rings is 1. The summed E-state index contributed by atoms with van der Waals surface area (Å²) in [5, 5.41) is 11.0. The zero-order valence-electron chi connectivity index (χ0n) is 14.4. The molecule has 3 nitrogen and oxygen atoms in total. The van der Waals surface area contributed by atoms with Crippen LogP contribution in [0.25, 0.3) is 21.7 Å². The third-order valence-electron chi connectivity index (χ3n) is 4.50. The minimum atomic E-state index is -0.210. The average molecular weight is 393 g/mol. The van der Waals surface area contributed by atoms with Gasteiger partial charge < -0.3 is 5.11 Å². The van der Waals surface area contributed by atoms with Gasteiger partial charge in [-0.1, -0.05) is 60.1 Å². The average Bonchev–Trinajstić information content (AvgIpc) is 3.15. The number of aliphatic hydroxyl groups is 1. The zero-order valence-corrected chi connectivity index (χ0v) is 16.0. The van der Waals surface area contributed by atoms with Gasteiger partial charge in [-0.2, -0.15) is 4.37 Å². The molecule has 0 aliphatic carbocycles. The van der Waals surface area contributed by atoms with E-state index in [2.05, 4.69) is 17.1 Å². The Balaban J connectivity index is 1.93. The summed E-state index contributed by atoms with van der Waals surface area (Å²) in [5.41, 5.74) is 4.93. The van der Waals surface area contributed by atoms with Gasteiger partial charge in [0.1, 0.15) is 0 Å². The van der Waals surface area contributed by atoms with Gasteiger partial charge in [-0.3, -0.25) is 4.98 Å². The number of benzene rings is 2. The maximum atomic E-state index is 10.3. The molecule has 0 radical (unpaired) electrons. The van der Waals surface area contributed by atoms with Crippen LogP contribution in [0, 0.1) is 0 Å². The second-order valence-corrected chi connectivity index (χ2v) is 7.38. The van der Waals surface area contributed by atoms with Crippen molar-refractivity contribution in [3.63, 3.8) is 0 Å². The number of halogens is 1. The summed E-state index contributed by atoms with van der Waals surface area (Å²) in [4.78, 5) is 5.29. The lowest BCUT2D eigenvalue weighted by Crippen LogP contribution is -2.08. The van der Waals surface area contributed by atoms with Crippen LogP contribution in [0.3, 0.4) is 0 Å². The number of hydrogen-bond donors (Lipinski definition) is 1. The largest absolute Gasteiger partial charge is 0.395 e. The molecule has 1 atom stereocenters. The van der Waals surface area contributed by atoms with Gasteiger partial charge in [0.05, 0.1) is 17.2 Å². The van der Waals surface area contributed by atoms with Crippen molar-refractivity contribution in [1.29, 1.82) is 0 Å². The van der Waals surface area contributed by atoms with Crippen LogP contribution in [0.5, 0.6) is 0 Å². The second-order valence-electron chi connectivity index (χ2n) is 6.17. The van der Waals surface area contributed by atoms with E-state index in [1.54, 1.807) is 12.4 Å². The van der Waals surface area contributed by atoms with Crippen LogP contribution in [-0.4, -0.2) is 21.1 Å². The van der Waals surface area contributed by atoms with Crippen molar-refractivity contribution in [3.05, 3.63) is 95.3 Å². The Morgan fingerprint density at radius 3 is 2.37 bits per heavy atom. The van der Waals surface area contributed by atoms with Crippen molar-refractivity contribution in [3.8, 4) is 21.7 Å². The van der Waals surface area contributed by atoms with Gasteiger partial charge in [0.2, 0.25) is 0 Å². The SMILES string of the molecule is OCC(c1cccnc1)c1c(-c2ccc(Cl)cc2)nsc1-c1ccccc1. The third-order valence-corrected chi connectivity index (χ3v) is 5.66. The van der Waals surface area contributed by atoms with Gasteiger partial charge in [-0.25, -0.2) is 0 Å². The highest BCUT2D eigenvalue weighted by Crippen LogP contribution is 2.42. The van der Waals surface area contributed by atoms with Gasteiger partial charge >= 0.3 is 0 Å². The second kappa shape index (κ2) is 8.01. The van der Waals surface area contributed by atoms with Crippen LogP contribution in [0.4, 0.5) is 0 Å². The van der Waals surface area contributed by atoms with Crippen molar-refractivity contribution in [1.82, 2.24) is 9.36 Å². The van der Waals surface area contributed by atoms with E-state index in [9.17, 15) is 5.11 Å². The number of hydrogen-bond acceptors (Lipinski definition) is 4. The lowest BCUT2D eigenvalue weighted by Gasteiger charge is -2.17. The first kappa shape index (κ1) is 17.9. The van der Waals surface area contributed by atoms with E-state index in [1.807, 2.05) is 54.6 Å². The summed E-state index contributed by atoms with van der Waals surface area (Å²) in [6, 6.07) is 21.7. The van der Waals surface area contributed by atoms with E-state index in [0.717, 1.165) is 32.8 Å². The standard InChI is InChI=1S/C22H17ClN2OS/c23-18-10-8-15(9-11-18)21-20(19(14-26)17-7-4-12-24-13-17)22(27-25-21)16-5-2-1-3-6-16/h1-13,19,26H,14H2. The van der Waals surface area contributed by atoms with Gasteiger partial charge in [-0.05, 0) is 40.9 Å². The van der Waals surface area contributed by atoms with E-state index >= 15 is 0 Å². The maximum Gasteiger partial charge on any atom is 0.0886 e. The molecule has 0 fully saturated rings. The first-order chi connectivity index (χ1) is 13.3. The Kier molecular flexibility index (Phi) is 5.30. The van der Waals surface area contributed by atoms with Crippen LogP contribution < -0.4 is 0 Å². The molecule has 1 N–H and O–H groups in total. The lowest BCUT2D eigenvalue weighted by atomic mass is 9.88. The van der Waals surface area contributed by atoms with E-state index in [-0.39, 0.29) is 12.5 Å². The molecular weight excluding hydrogens is 376 g/mol. The van der Waals surface area contributed by atoms with Crippen LogP contribution >= 0.6 is 23.1 Å². The maximum absolute atomic E-state index is 10.3. The molecule has 2 heterocycles. The predicted molar refractivity (Wildman–Crippen MR) is 111 cm³/mol. The van der Waals surface area contributed by atoms with Gasteiger partial charge in [0.15, 0.2) is 0 Å². The molecule has 0 saturated heterocycles. The first-order valence-corrected chi connectivity index (χ1v) is 9.74. The summed E-state index contributed by atoms with van der Waals surface area (Å²) in [5.74, 6) is -0.210. The fourth-order valence-corrected chi connectivity index (χ4v) is 4.27. The van der Waals surface area contributed by atoms with Crippen LogP contribution in [0.2, 0.25) is 5.02 Å². The molecular formula is C22H17ClN2OS. The van der Waals surface area contributed by atoms with Crippen molar-refractivity contribution in [2.45, 2.75) is 5.92 Å². The highest BCUT2D eigenvalue weighted by molar-refractivity contribution is 7.10. The van der Waals surface area contributed by atoms with Gasteiger partial charge in [0, 0.05) is 34.5 Å². The Bertz CT molecular complexity index is 1020. The van der Waals surface area contributed by atoms with Crippen molar-refractivity contribution < 1.29 is 5.11 Å². The van der Waals surface area contributed by atoms with E-state index in [0.29, 0.717) is 5.02 Å². The van der Waals surface area contributed by atoms with Gasteiger partial charge in [-0.15, -0.1) is 0 Å². The van der Waals surface area contributed by atoms with Crippen molar-refractivity contribution in [2.24, 2.45) is 0 Å². The minimum absolute atomic E-state index is 0.0233. The molecule has 0 spiro atoms. The van der Waals surface area contributed by atoms with Crippen LogP contribution in [0.1, 0.15) is 17.0 Å². The van der Waals surface area contributed by atoms with E-state index in [4.69, 9.17) is 16.0 Å². The summed E-state index contributed by atoms with van der Waals surface area (Å²) >= 11 is 7.51. The zero-order chi connectivity index (χ0) is 18.6. The Labute approximate surface area is 167 Å². The number of aromatic nitrogens is 2. The number of rotatable bonds is 5. The number of nitrogens with zero attached hydrogens (tertiary/aromatic N) is 2. The Morgan fingerprint density at radius 1 is 0.926 bits per heavy atom. The Morgan fingerprint density at radius 2 is 1.70 bits per heavy atom. The molecule has 0 aliphatic heterocycles. The molecule has 0 bridgehead atoms. The van der Waals surface area contributed by atoms with Crippen LogP contribution in [-0.2, 0) is 0 Å². The fraction of sp³-hybridized carbons (Fsp3) is 0.0909. The molecule has 4 aromatic rings. The summed E-state index contributed by atoms with van der Waals surface area (Å²) in [7, 11) is 0. The molecule has 0 amide bonds. The summed E-state index contributed by atoms with van der Waals surface area (Å²) in [6.07, 6.45) is 3.54. The van der Waals surface area contributed by atoms with E-state index in [1.165, 1.54) is 11.5 Å². The van der Waals surface area contributed by atoms with Gasteiger partial charge in [0.25, 0.3) is 0 Å². The molecule has 0 saturated carbocycles. The van der Waals surface area contributed by atoms with Crippen LogP contribution in [0.15, 0.2) is 79.1 Å². The highest BCUT2D eigenvalue weighted by Gasteiger charge is 2.25. The monoisotopic (exact) mass is 392 g/mol. The smallest absolute Gasteiger partial charge is 0.0886 e. The van der Waals surface area contributed by atoms with Crippen molar-refractivity contribution >= 4 is 23.1 Å². The normalized spacial score (nSPS) is 12.1. The Hall–Kier alpha value is -2.53. The third kappa shape index (κ3) is 3.65. The molecule has 0 aliphatic rings. The molecule has 1 unspecified atom stereocenters. The molecule has 2 aromatic heterocycles. The molecule has 4 rings (SSSR count). The predicted octanol–water partition coefficient (Wildman–Crippen LogP) is 5.65. The quantitative estimate of drug-likeness (QED) is 0.477. The molecule has 134 valence electrons. The highest BCUT2D eigenvalue weighted by atomic mass is 35.5. The molecule has 2 aromatic carbocycles. The summed E-state index contributed by atoms with van der Waals surface area (Å²) in [6.45, 7) is -0.0233. The molecule has 5 heteroatoms. The van der Waals surface area contributed by atoms with E-state index < -0.39 is 0 Å². The fourth-order valence-electron chi connectivity index (χ4n) is 3.18. The first-order valence-electron chi connectivity index (χ1n) is 8.59. The minimum Gasteiger partial charge on any atom is -0.395 e. The topological polar surface area (TPSA) is 46.0 Å². The lowest BCUT2D eigenvalue weighted by molar-refractivity contribution is 0.281.